The molecule has 0 saturated carbocycles. The molecular formula is C8H13BrN2O. The maximum atomic E-state index is 5.39. The molecule has 1 aliphatic rings. The van der Waals surface area contributed by atoms with Gasteiger partial charge in [0.25, 0.3) is 0 Å². The van der Waals surface area contributed by atoms with E-state index in [-0.39, 0.29) is 0 Å². The molecule has 68 valence electrons. The number of nitrogens with zero attached hydrogens (tertiary/aromatic N) is 2. The van der Waals surface area contributed by atoms with E-state index in [0.29, 0.717) is 13.3 Å². The molecule has 0 N–H and O–H groups in total. The molecule has 3 nitrogen and oxygen atoms in total. The molecule has 4 heteroatoms. The van der Waals surface area contributed by atoms with E-state index in [1.165, 1.54) is 0 Å². The molecule has 0 aromatic rings. The smallest absolute Gasteiger partial charge is 0.202 e. The Bertz CT molecular complexity index is 213. The Kier molecular flexibility index (Phi) is 3.59. The predicted molar refractivity (Wildman–Crippen MR) is 53.1 cm³/mol. The van der Waals surface area contributed by atoms with Crippen molar-refractivity contribution in [3.05, 3.63) is 12.0 Å². The molecular weight excluding hydrogens is 220 g/mol. The van der Waals surface area contributed by atoms with E-state index in [4.69, 9.17) is 4.74 Å². The zero-order valence-corrected chi connectivity index (χ0v) is 8.97. The van der Waals surface area contributed by atoms with Crippen molar-refractivity contribution in [2.45, 2.75) is 20.3 Å². The summed E-state index contributed by atoms with van der Waals surface area (Å²) in [6, 6.07) is 0. The average molecular weight is 233 g/mol. The molecule has 12 heavy (non-hydrogen) atoms. The van der Waals surface area contributed by atoms with Crippen molar-refractivity contribution in [1.29, 1.82) is 0 Å². The molecule has 0 saturated heterocycles. The van der Waals surface area contributed by atoms with Crippen LogP contribution in [0.5, 0.6) is 0 Å². The molecule has 0 radical (unpaired) electrons. The summed E-state index contributed by atoms with van der Waals surface area (Å²) in [6.07, 6.45) is 2.92. The third kappa shape index (κ3) is 2.24. The van der Waals surface area contributed by atoms with E-state index in [0.717, 1.165) is 18.0 Å². The summed E-state index contributed by atoms with van der Waals surface area (Å²) in [5.41, 5.74) is 1.09. The third-order valence-corrected chi connectivity index (χ3v) is 2.16. The molecule has 1 rings (SSSR count). The summed E-state index contributed by atoms with van der Waals surface area (Å²) >= 11 is 3.35. The Balaban J connectivity index is 2.66. The van der Waals surface area contributed by atoms with E-state index < -0.39 is 0 Å². The number of allylic oxidation sites excluding steroid dienone is 1. The van der Waals surface area contributed by atoms with Crippen LogP contribution >= 0.6 is 16.1 Å². The van der Waals surface area contributed by atoms with Gasteiger partial charge in [0.05, 0.1) is 22.8 Å². The van der Waals surface area contributed by atoms with E-state index in [2.05, 4.69) is 28.1 Å². The van der Waals surface area contributed by atoms with Gasteiger partial charge in [0.1, 0.15) is 6.67 Å². The fourth-order valence-electron chi connectivity index (χ4n) is 0.954. The molecule has 0 aromatic carbocycles. The average Bonchev–Trinajstić information content (AvgIpc) is 2.09. The Hall–Kier alpha value is -0.510. The van der Waals surface area contributed by atoms with Gasteiger partial charge in [-0.15, -0.1) is 0 Å². The van der Waals surface area contributed by atoms with Crippen LogP contribution in [0.25, 0.3) is 0 Å². The van der Waals surface area contributed by atoms with Gasteiger partial charge in [-0.2, -0.15) is 0 Å². The van der Waals surface area contributed by atoms with Crippen molar-refractivity contribution < 1.29 is 4.74 Å². The number of aliphatic imine (C=N–C) groups is 1. The molecule has 0 unspecified atom stereocenters. The van der Waals surface area contributed by atoms with Crippen molar-refractivity contribution in [1.82, 2.24) is 3.93 Å². The van der Waals surface area contributed by atoms with Crippen LogP contribution in [0, 0.1) is 0 Å². The molecule has 0 aromatic heterocycles. The monoisotopic (exact) mass is 232 g/mol. The first-order valence-corrected chi connectivity index (χ1v) is 4.80. The normalized spacial score (nSPS) is 17.1. The Morgan fingerprint density at radius 1 is 1.67 bits per heavy atom. The first-order valence-electron chi connectivity index (χ1n) is 4.09. The lowest BCUT2D eigenvalue weighted by Gasteiger charge is -2.21. The molecule has 0 aliphatic carbocycles. The van der Waals surface area contributed by atoms with Crippen LogP contribution < -0.4 is 0 Å². The largest absolute Gasteiger partial charge is 0.479 e. The number of hydrogen-bond acceptors (Lipinski definition) is 3. The molecule has 1 aliphatic heterocycles. The highest BCUT2D eigenvalue weighted by Crippen LogP contribution is 2.16. The minimum atomic E-state index is 0.634. The second-order valence-corrected chi connectivity index (χ2v) is 3.28. The first kappa shape index (κ1) is 9.58. The summed E-state index contributed by atoms with van der Waals surface area (Å²) in [4.78, 5) is 4.30. The highest BCUT2D eigenvalue weighted by molar-refractivity contribution is 9.07. The van der Waals surface area contributed by atoms with Crippen molar-refractivity contribution in [2.24, 2.45) is 4.99 Å². The lowest BCUT2D eigenvalue weighted by Crippen LogP contribution is -2.20. The summed E-state index contributed by atoms with van der Waals surface area (Å²) in [5.74, 6) is 0.851. The summed E-state index contributed by atoms with van der Waals surface area (Å²) in [5, 5.41) is 0. The van der Waals surface area contributed by atoms with Gasteiger partial charge < -0.3 is 4.74 Å². The summed E-state index contributed by atoms with van der Waals surface area (Å²) in [6.45, 7) is 5.38. The van der Waals surface area contributed by atoms with Gasteiger partial charge in [0.2, 0.25) is 5.88 Å². The maximum absolute atomic E-state index is 5.39. The van der Waals surface area contributed by atoms with Gasteiger partial charge in [-0.25, -0.2) is 0 Å². The predicted octanol–water partition coefficient (Wildman–Crippen LogP) is 2.30. The summed E-state index contributed by atoms with van der Waals surface area (Å²) < 4.78 is 7.20. The van der Waals surface area contributed by atoms with Crippen molar-refractivity contribution >= 4 is 21.9 Å². The highest BCUT2D eigenvalue weighted by Gasteiger charge is 2.12. The number of ether oxygens (including phenoxy) is 1. The first-order chi connectivity index (χ1) is 5.77. The summed E-state index contributed by atoms with van der Waals surface area (Å²) in [7, 11) is 0. The lowest BCUT2D eigenvalue weighted by molar-refractivity contribution is 0.174. The van der Waals surface area contributed by atoms with Gasteiger partial charge in [-0.05, 0) is 13.3 Å². The molecule has 1 heterocycles. The third-order valence-electron chi connectivity index (χ3n) is 1.58. The standard InChI is InChI=1S/C8H13BrN2O/c1-3-7-5-8(12-4-2)11(9)6-10-7/h5H,3-4,6H2,1-2H3. The van der Waals surface area contributed by atoms with Gasteiger partial charge in [0.15, 0.2) is 0 Å². The van der Waals surface area contributed by atoms with Crippen LogP contribution in [0.3, 0.4) is 0 Å². The van der Waals surface area contributed by atoms with E-state index >= 15 is 0 Å². The van der Waals surface area contributed by atoms with Gasteiger partial charge >= 0.3 is 0 Å². The fraction of sp³-hybridized carbons (Fsp3) is 0.625. The zero-order valence-electron chi connectivity index (χ0n) is 7.38. The minimum Gasteiger partial charge on any atom is -0.479 e. The van der Waals surface area contributed by atoms with Crippen LogP contribution in [0.2, 0.25) is 0 Å². The Morgan fingerprint density at radius 3 is 3.00 bits per heavy atom. The molecule has 0 spiro atoms. The Morgan fingerprint density at radius 2 is 2.42 bits per heavy atom. The minimum absolute atomic E-state index is 0.634. The quantitative estimate of drug-likeness (QED) is 0.698. The van der Waals surface area contributed by atoms with Gasteiger partial charge in [-0.3, -0.25) is 8.92 Å². The number of halogens is 1. The highest BCUT2D eigenvalue weighted by atomic mass is 79.9. The van der Waals surface area contributed by atoms with Crippen LogP contribution in [-0.2, 0) is 4.74 Å². The van der Waals surface area contributed by atoms with E-state index in [1.807, 2.05) is 16.9 Å². The van der Waals surface area contributed by atoms with Gasteiger partial charge in [0, 0.05) is 11.8 Å². The van der Waals surface area contributed by atoms with Gasteiger partial charge in [-0.1, -0.05) is 6.92 Å². The molecule has 0 atom stereocenters. The molecule has 0 bridgehead atoms. The number of rotatable bonds is 3. The van der Waals surface area contributed by atoms with Crippen molar-refractivity contribution in [3.63, 3.8) is 0 Å². The second-order valence-electron chi connectivity index (χ2n) is 2.42. The topological polar surface area (TPSA) is 24.8 Å². The lowest BCUT2D eigenvalue weighted by atomic mass is 10.2. The van der Waals surface area contributed by atoms with Crippen LogP contribution in [0.15, 0.2) is 17.0 Å². The number of hydrogen-bond donors (Lipinski definition) is 0. The Labute approximate surface area is 81.4 Å². The van der Waals surface area contributed by atoms with Crippen LogP contribution in [0.1, 0.15) is 20.3 Å². The fourth-order valence-corrected chi connectivity index (χ4v) is 1.27. The molecule has 0 amide bonds. The SMILES string of the molecule is CCOC1=CC(CC)=NCN1Br. The maximum Gasteiger partial charge on any atom is 0.202 e. The second kappa shape index (κ2) is 4.50. The molecule has 0 fully saturated rings. The van der Waals surface area contributed by atoms with Crippen LogP contribution in [0.4, 0.5) is 0 Å². The van der Waals surface area contributed by atoms with Crippen LogP contribution in [-0.4, -0.2) is 22.9 Å². The van der Waals surface area contributed by atoms with Crippen molar-refractivity contribution in [3.8, 4) is 0 Å². The van der Waals surface area contributed by atoms with Crippen molar-refractivity contribution in [2.75, 3.05) is 13.3 Å². The van der Waals surface area contributed by atoms with E-state index in [9.17, 15) is 0 Å². The zero-order chi connectivity index (χ0) is 8.97. The van der Waals surface area contributed by atoms with E-state index in [1.54, 1.807) is 0 Å².